The highest BCUT2D eigenvalue weighted by molar-refractivity contribution is 5.69. The van der Waals surface area contributed by atoms with Gasteiger partial charge in [-0.2, -0.15) is 0 Å². The predicted molar refractivity (Wildman–Crippen MR) is 89.4 cm³/mol. The van der Waals surface area contributed by atoms with E-state index in [4.69, 9.17) is 15.9 Å². The first-order valence-corrected chi connectivity index (χ1v) is 7.65. The van der Waals surface area contributed by atoms with Crippen molar-refractivity contribution in [1.82, 2.24) is 10.6 Å². The van der Waals surface area contributed by atoms with Crippen LogP contribution in [-0.4, -0.2) is 54.9 Å². The molecule has 130 valence electrons. The SMILES string of the molecule is NCCCCNCC(=O)O.O=C(O)CNCCc1ccccc1. The third kappa shape index (κ3) is 16.2. The lowest BCUT2D eigenvalue weighted by Crippen LogP contribution is -2.24. The summed E-state index contributed by atoms with van der Waals surface area (Å²) >= 11 is 0. The normalized spacial score (nSPS) is 9.78. The second-order valence-electron chi connectivity index (χ2n) is 4.87. The minimum atomic E-state index is -0.812. The number of nitrogens with two attached hydrogens (primary N) is 1. The third-order valence-electron chi connectivity index (χ3n) is 2.79. The first-order valence-electron chi connectivity index (χ1n) is 7.65. The highest BCUT2D eigenvalue weighted by atomic mass is 16.4. The zero-order valence-electron chi connectivity index (χ0n) is 13.3. The maximum absolute atomic E-state index is 10.1. The Balaban J connectivity index is 0.000000438. The molecule has 0 atom stereocenters. The Morgan fingerprint density at radius 2 is 1.48 bits per heavy atom. The lowest BCUT2D eigenvalue weighted by molar-refractivity contribution is -0.136. The second-order valence-corrected chi connectivity index (χ2v) is 4.87. The van der Waals surface area contributed by atoms with E-state index < -0.39 is 11.9 Å². The molecule has 0 bridgehead atoms. The zero-order valence-corrected chi connectivity index (χ0v) is 13.3. The van der Waals surface area contributed by atoms with Crippen molar-refractivity contribution in [3.63, 3.8) is 0 Å². The molecule has 0 aliphatic heterocycles. The lowest BCUT2D eigenvalue weighted by atomic mass is 10.1. The van der Waals surface area contributed by atoms with Gasteiger partial charge < -0.3 is 26.6 Å². The van der Waals surface area contributed by atoms with Gasteiger partial charge in [0, 0.05) is 0 Å². The van der Waals surface area contributed by atoms with Gasteiger partial charge in [-0.05, 0) is 44.5 Å². The van der Waals surface area contributed by atoms with E-state index in [1.54, 1.807) is 0 Å². The van der Waals surface area contributed by atoms with Crippen LogP contribution in [0.1, 0.15) is 18.4 Å². The number of rotatable bonds is 11. The number of unbranched alkanes of at least 4 members (excludes halogenated alkanes) is 1. The fraction of sp³-hybridized carbons (Fsp3) is 0.500. The number of nitrogens with one attached hydrogen (secondary N) is 2. The van der Waals surface area contributed by atoms with Crippen LogP contribution < -0.4 is 16.4 Å². The number of carboxylic acids is 2. The number of hydrogen-bond donors (Lipinski definition) is 5. The zero-order chi connectivity index (χ0) is 17.3. The molecule has 0 amide bonds. The summed E-state index contributed by atoms with van der Waals surface area (Å²) in [7, 11) is 0. The van der Waals surface area contributed by atoms with E-state index in [0.29, 0.717) is 13.1 Å². The van der Waals surface area contributed by atoms with Crippen molar-refractivity contribution in [1.29, 1.82) is 0 Å². The van der Waals surface area contributed by atoms with Crippen LogP contribution >= 0.6 is 0 Å². The van der Waals surface area contributed by atoms with Crippen molar-refractivity contribution in [2.75, 3.05) is 32.7 Å². The van der Waals surface area contributed by atoms with E-state index in [0.717, 1.165) is 25.8 Å². The summed E-state index contributed by atoms with van der Waals surface area (Å²) in [5.41, 5.74) is 6.45. The molecule has 23 heavy (non-hydrogen) atoms. The molecule has 0 saturated heterocycles. The van der Waals surface area contributed by atoms with Crippen LogP contribution in [0.25, 0.3) is 0 Å². The van der Waals surface area contributed by atoms with E-state index in [1.165, 1.54) is 5.56 Å². The van der Waals surface area contributed by atoms with Gasteiger partial charge in [-0.15, -0.1) is 0 Å². The minimum absolute atomic E-state index is 0.0346. The molecule has 0 aromatic heterocycles. The van der Waals surface area contributed by atoms with Crippen molar-refractivity contribution in [3.8, 4) is 0 Å². The van der Waals surface area contributed by atoms with E-state index in [1.807, 2.05) is 30.3 Å². The number of carboxylic acid groups (broad SMARTS) is 2. The standard InChI is InChI=1S/C10H13NO2.C6H14N2O2/c12-10(13)8-11-7-6-9-4-2-1-3-5-9;7-3-1-2-4-8-5-6(9)10/h1-5,11H,6-8H2,(H,12,13);8H,1-5,7H2,(H,9,10). The lowest BCUT2D eigenvalue weighted by Gasteiger charge is -2.01. The molecule has 0 unspecified atom stereocenters. The van der Waals surface area contributed by atoms with Gasteiger partial charge in [0.05, 0.1) is 13.1 Å². The molecule has 1 aromatic rings. The summed E-state index contributed by atoms with van der Waals surface area (Å²) in [6.45, 7) is 2.20. The van der Waals surface area contributed by atoms with Gasteiger partial charge in [0.25, 0.3) is 0 Å². The largest absolute Gasteiger partial charge is 0.480 e. The smallest absolute Gasteiger partial charge is 0.317 e. The van der Waals surface area contributed by atoms with Gasteiger partial charge in [0.1, 0.15) is 0 Å². The Kier molecular flexibility index (Phi) is 13.7. The van der Waals surface area contributed by atoms with Crippen molar-refractivity contribution >= 4 is 11.9 Å². The Labute approximate surface area is 136 Å². The van der Waals surface area contributed by atoms with Crippen LogP contribution in [0, 0.1) is 0 Å². The predicted octanol–water partition coefficient (Wildman–Crippen LogP) is 0.303. The Hall–Kier alpha value is -1.96. The van der Waals surface area contributed by atoms with Crippen LogP contribution in [0.3, 0.4) is 0 Å². The van der Waals surface area contributed by atoms with Gasteiger partial charge in [-0.3, -0.25) is 9.59 Å². The molecular formula is C16H27N3O4. The molecule has 0 radical (unpaired) electrons. The monoisotopic (exact) mass is 325 g/mol. The highest BCUT2D eigenvalue weighted by Crippen LogP contribution is 1.97. The van der Waals surface area contributed by atoms with Crippen LogP contribution in [-0.2, 0) is 16.0 Å². The van der Waals surface area contributed by atoms with Gasteiger partial charge in [0.15, 0.2) is 0 Å². The van der Waals surface area contributed by atoms with E-state index in [-0.39, 0.29) is 13.1 Å². The molecule has 0 fully saturated rings. The topological polar surface area (TPSA) is 125 Å². The quantitative estimate of drug-likeness (QED) is 0.371. The summed E-state index contributed by atoms with van der Waals surface area (Å²) in [4.78, 5) is 20.1. The first kappa shape index (κ1) is 21.0. The molecular weight excluding hydrogens is 298 g/mol. The average molecular weight is 325 g/mol. The first-order chi connectivity index (χ1) is 11.1. The molecule has 0 saturated carbocycles. The highest BCUT2D eigenvalue weighted by Gasteiger charge is 1.95. The van der Waals surface area contributed by atoms with Crippen LogP contribution in [0.4, 0.5) is 0 Å². The van der Waals surface area contributed by atoms with Gasteiger partial charge in [-0.1, -0.05) is 30.3 Å². The van der Waals surface area contributed by atoms with E-state index in [9.17, 15) is 9.59 Å². The summed E-state index contributed by atoms with van der Waals surface area (Å²) in [6.07, 6.45) is 2.77. The van der Waals surface area contributed by atoms with Gasteiger partial charge in [-0.25, -0.2) is 0 Å². The summed E-state index contributed by atoms with van der Waals surface area (Å²) in [6, 6.07) is 9.98. The van der Waals surface area contributed by atoms with Crippen LogP contribution in [0.5, 0.6) is 0 Å². The Morgan fingerprint density at radius 3 is 2.00 bits per heavy atom. The second kappa shape index (κ2) is 15.0. The van der Waals surface area contributed by atoms with Crippen LogP contribution in [0.2, 0.25) is 0 Å². The molecule has 7 nitrogen and oxygen atoms in total. The third-order valence-corrected chi connectivity index (χ3v) is 2.79. The van der Waals surface area contributed by atoms with Crippen molar-refractivity contribution in [3.05, 3.63) is 35.9 Å². The molecule has 1 aromatic carbocycles. The van der Waals surface area contributed by atoms with Crippen LogP contribution in [0.15, 0.2) is 30.3 Å². The molecule has 0 aliphatic rings. The van der Waals surface area contributed by atoms with E-state index in [2.05, 4.69) is 10.6 Å². The minimum Gasteiger partial charge on any atom is -0.480 e. The summed E-state index contributed by atoms with van der Waals surface area (Å²) in [5.74, 6) is -1.62. The molecule has 0 spiro atoms. The maximum Gasteiger partial charge on any atom is 0.317 e. The van der Waals surface area contributed by atoms with E-state index >= 15 is 0 Å². The van der Waals surface area contributed by atoms with Gasteiger partial charge >= 0.3 is 11.9 Å². The molecule has 1 rings (SSSR count). The van der Waals surface area contributed by atoms with Gasteiger partial charge in [0.2, 0.25) is 0 Å². The fourth-order valence-electron chi connectivity index (χ4n) is 1.66. The van der Waals surface area contributed by atoms with Crippen molar-refractivity contribution in [2.45, 2.75) is 19.3 Å². The summed E-state index contributed by atoms with van der Waals surface area (Å²) in [5, 5.41) is 22.1. The summed E-state index contributed by atoms with van der Waals surface area (Å²) < 4.78 is 0. The molecule has 0 aliphatic carbocycles. The van der Waals surface area contributed by atoms with Crippen molar-refractivity contribution in [2.24, 2.45) is 5.73 Å². The number of hydrogen-bond acceptors (Lipinski definition) is 5. The number of aliphatic carboxylic acids is 2. The molecule has 6 N–H and O–H groups in total. The maximum atomic E-state index is 10.1. The number of carbonyl (C=O) groups is 2. The molecule has 7 heteroatoms. The average Bonchev–Trinajstić information content (AvgIpc) is 2.53. The molecule has 0 heterocycles. The fourth-order valence-corrected chi connectivity index (χ4v) is 1.66. The Bertz CT molecular complexity index is 427. The number of benzene rings is 1. The van der Waals surface area contributed by atoms with Crippen molar-refractivity contribution < 1.29 is 19.8 Å². The Morgan fingerprint density at radius 1 is 0.913 bits per heavy atom.